The third-order valence-corrected chi connectivity index (χ3v) is 7.17. The number of ether oxygens (including phenoxy) is 3. The molecule has 3 aliphatic rings. The van der Waals surface area contributed by atoms with Crippen LogP contribution < -0.4 is 5.32 Å². The van der Waals surface area contributed by atoms with Gasteiger partial charge in [0.1, 0.15) is 18.3 Å². The van der Waals surface area contributed by atoms with Gasteiger partial charge >= 0.3 is 5.97 Å². The van der Waals surface area contributed by atoms with Crippen LogP contribution in [0, 0.1) is 0 Å². The van der Waals surface area contributed by atoms with E-state index >= 15 is 0 Å². The summed E-state index contributed by atoms with van der Waals surface area (Å²) >= 11 is 0. The van der Waals surface area contributed by atoms with Gasteiger partial charge in [0.25, 0.3) is 0 Å². The second-order valence-corrected chi connectivity index (χ2v) is 10.2. The molecule has 1 saturated heterocycles. The Kier molecular flexibility index (Phi) is 7.65. The normalized spacial score (nSPS) is 22.7. The van der Waals surface area contributed by atoms with Gasteiger partial charge in [-0.15, -0.1) is 0 Å². The van der Waals surface area contributed by atoms with Crippen molar-refractivity contribution in [3.8, 4) is 0 Å². The molecule has 1 fully saturated rings. The molecule has 2 aromatic rings. The first-order valence-corrected chi connectivity index (χ1v) is 13.0. The number of carbonyl (C=O) groups excluding carboxylic acids is 3. The number of carbonyl (C=O) groups is 3. The zero-order valence-corrected chi connectivity index (χ0v) is 22.0. The summed E-state index contributed by atoms with van der Waals surface area (Å²) in [5.41, 5.74) is 3.82. The third-order valence-electron chi connectivity index (χ3n) is 7.17. The van der Waals surface area contributed by atoms with E-state index in [0.717, 1.165) is 16.7 Å². The first-order valence-electron chi connectivity index (χ1n) is 13.0. The zero-order chi connectivity index (χ0) is 27.6. The van der Waals surface area contributed by atoms with E-state index in [1.807, 2.05) is 12.1 Å². The van der Waals surface area contributed by atoms with Crippen molar-refractivity contribution in [1.29, 1.82) is 0 Å². The summed E-state index contributed by atoms with van der Waals surface area (Å²) in [6.45, 7) is -0.0643. The number of aliphatic hydroxyl groups is 1. The van der Waals surface area contributed by atoms with Crippen molar-refractivity contribution in [3.05, 3.63) is 88.5 Å². The molecule has 0 radical (unpaired) electrons. The molecule has 1 aliphatic heterocycles. The van der Waals surface area contributed by atoms with Crippen molar-refractivity contribution < 1.29 is 33.7 Å². The number of fused-ring (bicyclic) bond motifs is 2. The average molecular weight is 533 g/mol. The third kappa shape index (κ3) is 5.80. The fourth-order valence-corrected chi connectivity index (χ4v) is 5.20. The Morgan fingerprint density at radius 1 is 1.08 bits per heavy atom. The molecule has 204 valence electrons. The van der Waals surface area contributed by atoms with Gasteiger partial charge in [0.2, 0.25) is 11.8 Å². The maximum atomic E-state index is 13.2. The predicted octanol–water partition coefficient (Wildman–Crippen LogP) is 2.03. The quantitative estimate of drug-likeness (QED) is 0.414. The minimum Gasteiger partial charge on any atom is -0.456 e. The van der Waals surface area contributed by atoms with E-state index < -0.39 is 30.1 Å². The molecule has 1 spiro atoms. The van der Waals surface area contributed by atoms with Crippen LogP contribution >= 0.6 is 0 Å². The van der Waals surface area contributed by atoms with Gasteiger partial charge < -0.3 is 29.5 Å². The van der Waals surface area contributed by atoms with Crippen molar-refractivity contribution in [2.24, 2.45) is 0 Å². The van der Waals surface area contributed by atoms with Crippen LogP contribution in [0.3, 0.4) is 0 Å². The molecule has 2 N–H and O–H groups in total. The maximum Gasteiger partial charge on any atom is 0.338 e. The van der Waals surface area contributed by atoms with E-state index in [1.54, 1.807) is 50.5 Å². The van der Waals surface area contributed by atoms with Crippen LogP contribution in [0.1, 0.15) is 33.5 Å². The Morgan fingerprint density at radius 2 is 1.77 bits per heavy atom. The largest absolute Gasteiger partial charge is 0.456 e. The monoisotopic (exact) mass is 532 g/mol. The Bertz CT molecular complexity index is 1290. The van der Waals surface area contributed by atoms with E-state index in [4.69, 9.17) is 19.3 Å². The van der Waals surface area contributed by atoms with Gasteiger partial charge in [0, 0.05) is 51.6 Å². The van der Waals surface area contributed by atoms with Gasteiger partial charge in [0.15, 0.2) is 5.79 Å². The molecule has 2 amide bonds. The topological polar surface area (TPSA) is 114 Å². The minimum atomic E-state index is -0.880. The van der Waals surface area contributed by atoms with Gasteiger partial charge in [-0.05, 0) is 41.0 Å². The van der Waals surface area contributed by atoms with Gasteiger partial charge in [-0.3, -0.25) is 9.59 Å². The molecule has 1 heterocycles. The molecule has 39 heavy (non-hydrogen) atoms. The lowest BCUT2D eigenvalue weighted by Gasteiger charge is -2.30. The molecule has 0 aromatic heterocycles. The number of hydrogen-bond acceptors (Lipinski definition) is 7. The van der Waals surface area contributed by atoms with Crippen LogP contribution in [-0.2, 0) is 36.6 Å². The number of esters is 1. The minimum absolute atomic E-state index is 0.117. The number of likely N-dealkylation sites (N-methyl/N-ethyl adjacent to an activating group) is 1. The number of nitrogens with zero attached hydrogens (tertiary/aromatic N) is 1. The zero-order valence-electron chi connectivity index (χ0n) is 22.0. The van der Waals surface area contributed by atoms with Crippen LogP contribution in [0.4, 0.5) is 0 Å². The number of aliphatic hydroxyl groups excluding tert-OH is 1. The van der Waals surface area contributed by atoms with Crippen LogP contribution in [0.5, 0.6) is 0 Å². The first-order chi connectivity index (χ1) is 18.8. The van der Waals surface area contributed by atoms with Crippen LogP contribution in [0.2, 0.25) is 0 Å². The van der Waals surface area contributed by atoms with Crippen molar-refractivity contribution >= 4 is 23.9 Å². The highest BCUT2D eigenvalue weighted by Gasteiger charge is 2.55. The summed E-state index contributed by atoms with van der Waals surface area (Å²) in [6.07, 6.45) is 4.29. The first kappa shape index (κ1) is 26.8. The summed E-state index contributed by atoms with van der Waals surface area (Å²) in [6, 6.07) is 14.8. The lowest BCUT2D eigenvalue weighted by molar-refractivity contribution is -0.172. The Hall–Kier alpha value is -3.79. The summed E-state index contributed by atoms with van der Waals surface area (Å²) < 4.78 is 18.8. The lowest BCUT2D eigenvalue weighted by Crippen LogP contribution is -2.44. The molecule has 9 heteroatoms. The Balaban J connectivity index is 1.33. The number of rotatable bonds is 7. The lowest BCUT2D eigenvalue weighted by atomic mass is 9.91. The molecule has 9 nitrogen and oxygen atoms in total. The standard InChI is InChI=1S/C30H32N2O7/c1-32(2)26(34)12-9-19-7-10-20(11-8-19)29(36)37-24-15-23(28(35)31-13-14-33)16-25-27(24)39-30(38-25)17-21-5-3-4-6-22(21)18-30/h3-12,16,24-25,27,33H,13-15,17-18H2,1-2H3,(H,31,35). The highest BCUT2D eigenvalue weighted by Crippen LogP contribution is 2.45. The van der Waals surface area contributed by atoms with E-state index in [0.29, 0.717) is 24.0 Å². The van der Waals surface area contributed by atoms with Crippen molar-refractivity contribution in [2.75, 3.05) is 27.2 Å². The molecule has 0 bridgehead atoms. The highest BCUT2D eigenvalue weighted by molar-refractivity contribution is 5.94. The summed E-state index contributed by atoms with van der Waals surface area (Å²) in [7, 11) is 3.34. The van der Waals surface area contributed by atoms with Crippen LogP contribution in [0.25, 0.3) is 6.08 Å². The molecule has 3 unspecified atom stereocenters. The summed E-state index contributed by atoms with van der Waals surface area (Å²) in [5, 5.41) is 11.8. The number of hydrogen-bond donors (Lipinski definition) is 2. The molecule has 3 atom stereocenters. The van der Waals surface area contributed by atoms with E-state index in [-0.39, 0.29) is 31.4 Å². The number of nitrogens with one attached hydrogen (secondary N) is 1. The van der Waals surface area contributed by atoms with Gasteiger partial charge in [-0.2, -0.15) is 0 Å². The average Bonchev–Trinajstić information content (AvgIpc) is 3.48. The highest BCUT2D eigenvalue weighted by atomic mass is 16.8. The van der Waals surface area contributed by atoms with Crippen molar-refractivity contribution in [3.63, 3.8) is 0 Å². The Labute approximate surface area is 227 Å². The molecule has 2 aliphatic carbocycles. The Morgan fingerprint density at radius 3 is 2.41 bits per heavy atom. The molecule has 2 aromatic carbocycles. The van der Waals surface area contributed by atoms with Crippen molar-refractivity contribution in [1.82, 2.24) is 10.2 Å². The summed E-state index contributed by atoms with van der Waals surface area (Å²) in [5.74, 6) is -1.91. The molecular formula is C30H32N2O7. The fraction of sp³-hybridized carbons (Fsp3) is 0.367. The maximum absolute atomic E-state index is 13.2. The number of benzene rings is 2. The smallest absolute Gasteiger partial charge is 0.338 e. The van der Waals surface area contributed by atoms with Gasteiger partial charge in [-0.25, -0.2) is 4.79 Å². The summed E-state index contributed by atoms with van der Waals surface area (Å²) in [4.78, 5) is 39.2. The predicted molar refractivity (Wildman–Crippen MR) is 142 cm³/mol. The molecular weight excluding hydrogens is 500 g/mol. The van der Waals surface area contributed by atoms with E-state index in [1.165, 1.54) is 11.0 Å². The second kappa shape index (κ2) is 11.1. The molecule has 5 rings (SSSR count). The number of amides is 2. The van der Waals surface area contributed by atoms with E-state index in [2.05, 4.69) is 17.4 Å². The second-order valence-electron chi connectivity index (χ2n) is 10.2. The van der Waals surface area contributed by atoms with Crippen LogP contribution in [-0.4, -0.2) is 79.1 Å². The van der Waals surface area contributed by atoms with Crippen LogP contribution in [0.15, 0.2) is 66.3 Å². The van der Waals surface area contributed by atoms with Gasteiger partial charge in [-0.1, -0.05) is 36.4 Å². The van der Waals surface area contributed by atoms with E-state index in [9.17, 15) is 14.4 Å². The van der Waals surface area contributed by atoms with Gasteiger partial charge in [0.05, 0.1) is 12.2 Å². The SMILES string of the molecule is CN(C)C(=O)C=Cc1ccc(C(=O)OC2CC(C(=O)NCCO)=CC3OC4(Cc5ccccc5C4)OC32)cc1. The van der Waals surface area contributed by atoms with Crippen molar-refractivity contribution in [2.45, 2.75) is 43.4 Å². The molecule has 0 saturated carbocycles. The fourth-order valence-electron chi connectivity index (χ4n) is 5.20.